The highest BCUT2D eigenvalue weighted by Crippen LogP contribution is 2.24. The molecule has 0 bridgehead atoms. The van der Waals surface area contributed by atoms with Gasteiger partial charge in [0.05, 0.1) is 13.2 Å². The van der Waals surface area contributed by atoms with E-state index in [1.54, 1.807) is 7.11 Å². The van der Waals surface area contributed by atoms with Crippen LogP contribution in [0.4, 0.5) is 5.69 Å². The van der Waals surface area contributed by atoms with Gasteiger partial charge in [-0.15, -0.1) is 0 Å². The molecule has 1 aromatic carbocycles. The second-order valence-corrected chi connectivity index (χ2v) is 5.16. The predicted octanol–water partition coefficient (Wildman–Crippen LogP) is 3.44. The van der Waals surface area contributed by atoms with Crippen molar-refractivity contribution in [2.24, 2.45) is 0 Å². The summed E-state index contributed by atoms with van der Waals surface area (Å²) >= 11 is 3.47. The number of anilines is 1. The zero-order chi connectivity index (χ0) is 12.1. The zero-order valence-electron chi connectivity index (χ0n) is 10.0. The smallest absolute Gasteiger partial charge is 0.122 e. The number of nitrogens with one attached hydrogen (secondary N) is 1. The first kappa shape index (κ1) is 12.7. The Morgan fingerprint density at radius 1 is 1.41 bits per heavy atom. The molecule has 94 valence electrons. The molecule has 1 unspecified atom stereocenters. The number of hydrogen-bond acceptors (Lipinski definition) is 3. The molecule has 2 rings (SSSR count). The quantitative estimate of drug-likeness (QED) is 0.924. The monoisotopic (exact) mass is 299 g/mol. The average Bonchev–Trinajstić information content (AvgIpc) is 2.37. The molecule has 0 radical (unpaired) electrons. The van der Waals surface area contributed by atoms with Gasteiger partial charge in [-0.2, -0.15) is 0 Å². The van der Waals surface area contributed by atoms with Crippen molar-refractivity contribution < 1.29 is 9.47 Å². The van der Waals surface area contributed by atoms with Gasteiger partial charge >= 0.3 is 0 Å². The van der Waals surface area contributed by atoms with Crippen molar-refractivity contribution in [3.8, 4) is 5.75 Å². The van der Waals surface area contributed by atoms with E-state index in [-0.39, 0.29) is 0 Å². The van der Waals surface area contributed by atoms with Crippen LogP contribution in [0.25, 0.3) is 0 Å². The van der Waals surface area contributed by atoms with Crippen LogP contribution < -0.4 is 10.1 Å². The van der Waals surface area contributed by atoms with Crippen molar-refractivity contribution in [3.05, 3.63) is 22.7 Å². The highest BCUT2D eigenvalue weighted by atomic mass is 79.9. The lowest BCUT2D eigenvalue weighted by Gasteiger charge is -2.23. The summed E-state index contributed by atoms with van der Waals surface area (Å²) in [6.07, 6.45) is 3.96. The molecule has 17 heavy (non-hydrogen) atoms. The van der Waals surface area contributed by atoms with Gasteiger partial charge in [-0.3, -0.25) is 0 Å². The fourth-order valence-electron chi connectivity index (χ4n) is 1.98. The van der Waals surface area contributed by atoms with Crippen LogP contribution in [-0.2, 0) is 4.74 Å². The lowest BCUT2D eigenvalue weighted by atomic mass is 10.1. The fourth-order valence-corrected chi connectivity index (χ4v) is 2.45. The molecule has 0 spiro atoms. The lowest BCUT2D eigenvalue weighted by molar-refractivity contribution is 0.0247. The number of methoxy groups -OCH3 is 1. The normalized spacial score (nSPS) is 20.0. The first-order valence-corrected chi connectivity index (χ1v) is 6.77. The minimum Gasteiger partial charge on any atom is -0.497 e. The van der Waals surface area contributed by atoms with Gasteiger partial charge in [0.25, 0.3) is 0 Å². The Morgan fingerprint density at radius 3 is 3.00 bits per heavy atom. The summed E-state index contributed by atoms with van der Waals surface area (Å²) in [5, 5.41) is 3.39. The Balaban J connectivity index is 1.91. The third-order valence-electron chi connectivity index (χ3n) is 2.91. The van der Waals surface area contributed by atoms with E-state index < -0.39 is 0 Å². The molecule has 1 aliphatic heterocycles. The predicted molar refractivity (Wildman–Crippen MR) is 72.8 cm³/mol. The maximum Gasteiger partial charge on any atom is 0.122 e. The van der Waals surface area contributed by atoms with Crippen molar-refractivity contribution >= 4 is 21.6 Å². The van der Waals surface area contributed by atoms with Crippen molar-refractivity contribution in [2.75, 3.05) is 25.6 Å². The summed E-state index contributed by atoms with van der Waals surface area (Å²) in [5.41, 5.74) is 1.06. The Morgan fingerprint density at radius 2 is 2.29 bits per heavy atom. The van der Waals surface area contributed by atoms with Crippen LogP contribution >= 0.6 is 15.9 Å². The number of halogens is 1. The van der Waals surface area contributed by atoms with Gasteiger partial charge in [-0.25, -0.2) is 0 Å². The zero-order valence-corrected chi connectivity index (χ0v) is 11.6. The van der Waals surface area contributed by atoms with E-state index in [0.717, 1.165) is 35.5 Å². The minimum atomic E-state index is 0.341. The number of ether oxygens (including phenoxy) is 2. The van der Waals surface area contributed by atoms with Crippen molar-refractivity contribution in [1.29, 1.82) is 0 Å². The number of rotatable bonds is 4. The second-order valence-electron chi connectivity index (χ2n) is 4.25. The molecule has 1 N–H and O–H groups in total. The average molecular weight is 300 g/mol. The highest BCUT2D eigenvalue weighted by Gasteiger charge is 2.13. The molecule has 1 fully saturated rings. The third kappa shape index (κ3) is 3.89. The van der Waals surface area contributed by atoms with Crippen LogP contribution in [0, 0.1) is 0 Å². The lowest BCUT2D eigenvalue weighted by Crippen LogP contribution is -2.26. The van der Waals surface area contributed by atoms with E-state index in [2.05, 4.69) is 21.2 Å². The van der Waals surface area contributed by atoms with Gasteiger partial charge in [0.1, 0.15) is 5.75 Å². The Bertz CT molecular complexity index is 364. The van der Waals surface area contributed by atoms with Gasteiger partial charge < -0.3 is 14.8 Å². The minimum absolute atomic E-state index is 0.341. The number of benzene rings is 1. The van der Waals surface area contributed by atoms with E-state index in [0.29, 0.717) is 6.10 Å². The third-order valence-corrected chi connectivity index (χ3v) is 3.37. The maximum absolute atomic E-state index is 5.68. The van der Waals surface area contributed by atoms with Gasteiger partial charge in [-0.05, 0) is 31.4 Å². The van der Waals surface area contributed by atoms with Gasteiger partial charge in [0.15, 0.2) is 0 Å². The second kappa shape index (κ2) is 6.26. The molecule has 0 aliphatic carbocycles. The summed E-state index contributed by atoms with van der Waals surface area (Å²) < 4.78 is 11.9. The molecule has 0 aromatic heterocycles. The van der Waals surface area contributed by atoms with E-state index >= 15 is 0 Å². The molecule has 0 amide bonds. The first-order chi connectivity index (χ1) is 8.28. The Hall–Kier alpha value is -0.740. The van der Waals surface area contributed by atoms with Crippen LogP contribution in [0.2, 0.25) is 0 Å². The summed E-state index contributed by atoms with van der Waals surface area (Å²) in [6, 6.07) is 5.99. The molecule has 1 aromatic rings. The van der Waals surface area contributed by atoms with Gasteiger partial charge in [-0.1, -0.05) is 15.9 Å². The van der Waals surface area contributed by atoms with Crippen LogP contribution in [0.3, 0.4) is 0 Å². The van der Waals surface area contributed by atoms with E-state index in [1.165, 1.54) is 12.8 Å². The van der Waals surface area contributed by atoms with Gasteiger partial charge in [0.2, 0.25) is 0 Å². The van der Waals surface area contributed by atoms with Crippen LogP contribution in [0.5, 0.6) is 5.75 Å². The molecule has 1 heterocycles. The molecule has 1 aliphatic rings. The van der Waals surface area contributed by atoms with Crippen LogP contribution in [0.1, 0.15) is 19.3 Å². The van der Waals surface area contributed by atoms with Crippen LogP contribution in [-0.4, -0.2) is 26.4 Å². The molecule has 0 saturated carbocycles. The molecular weight excluding hydrogens is 282 g/mol. The summed E-state index contributed by atoms with van der Waals surface area (Å²) in [6.45, 7) is 1.76. The Labute approximate surface area is 111 Å². The van der Waals surface area contributed by atoms with Crippen molar-refractivity contribution in [1.82, 2.24) is 0 Å². The van der Waals surface area contributed by atoms with Crippen molar-refractivity contribution in [2.45, 2.75) is 25.4 Å². The topological polar surface area (TPSA) is 30.5 Å². The molecule has 3 nitrogen and oxygen atoms in total. The van der Waals surface area contributed by atoms with E-state index in [9.17, 15) is 0 Å². The van der Waals surface area contributed by atoms with Gasteiger partial charge in [0, 0.05) is 29.4 Å². The molecule has 1 saturated heterocycles. The van der Waals surface area contributed by atoms with E-state index in [4.69, 9.17) is 9.47 Å². The van der Waals surface area contributed by atoms with Crippen molar-refractivity contribution in [3.63, 3.8) is 0 Å². The summed E-state index contributed by atoms with van der Waals surface area (Å²) in [7, 11) is 1.68. The summed E-state index contributed by atoms with van der Waals surface area (Å²) in [5.74, 6) is 0.853. The Kier molecular flexibility index (Phi) is 4.68. The maximum atomic E-state index is 5.68. The molecule has 4 heteroatoms. The number of hydrogen-bond donors (Lipinski definition) is 1. The molecule has 1 atom stereocenters. The standard InChI is InChI=1S/C13H18BrNO2/c1-16-13-7-10(14)6-11(8-13)15-9-12-4-2-3-5-17-12/h6-8,12,15H,2-5,9H2,1H3. The fraction of sp³-hybridized carbons (Fsp3) is 0.538. The van der Waals surface area contributed by atoms with Crippen LogP contribution in [0.15, 0.2) is 22.7 Å². The highest BCUT2D eigenvalue weighted by molar-refractivity contribution is 9.10. The SMILES string of the molecule is COc1cc(Br)cc(NCC2CCCCO2)c1. The van der Waals surface area contributed by atoms with E-state index in [1.807, 2.05) is 18.2 Å². The molecular formula is C13H18BrNO2. The largest absolute Gasteiger partial charge is 0.497 e. The first-order valence-electron chi connectivity index (χ1n) is 5.98. The summed E-state index contributed by atoms with van der Waals surface area (Å²) in [4.78, 5) is 0.